The summed E-state index contributed by atoms with van der Waals surface area (Å²) >= 11 is 1.23. The minimum atomic E-state index is -4.12. The molecule has 13 heteroatoms. The molecule has 1 fully saturated rings. The van der Waals surface area contributed by atoms with Crippen LogP contribution in [0.25, 0.3) is 10.8 Å². The number of piperidine rings is 1. The van der Waals surface area contributed by atoms with Crippen molar-refractivity contribution in [2.24, 2.45) is 10.8 Å². The van der Waals surface area contributed by atoms with Gasteiger partial charge in [-0.15, -0.1) is 11.3 Å². The molecule has 1 aromatic heterocycles. The summed E-state index contributed by atoms with van der Waals surface area (Å²) in [5.74, 6) is 4.59. The van der Waals surface area contributed by atoms with Crippen molar-refractivity contribution in [3.8, 4) is 0 Å². The molecule has 11 nitrogen and oxygen atoms in total. The quantitative estimate of drug-likeness (QED) is 0.0733. The molecule has 0 aliphatic carbocycles. The molecule has 40 heavy (non-hydrogen) atoms. The number of thiazole rings is 1. The third kappa shape index (κ3) is 6.66. The molecule has 2 atom stereocenters. The first-order chi connectivity index (χ1) is 19.2. The Kier molecular flexibility index (Phi) is 9.85. The van der Waals surface area contributed by atoms with Crippen molar-refractivity contribution in [3.05, 3.63) is 53.0 Å². The molecular formula is C27H35N7O4S2. The van der Waals surface area contributed by atoms with E-state index in [-0.39, 0.29) is 17.1 Å². The fraction of sp³-hybridized carbons (Fsp3) is 0.407. The number of Topliss-reactive ketones (excluding diaryl/α,β-unsaturated/α-hetero) is 1. The summed E-state index contributed by atoms with van der Waals surface area (Å²) in [6.45, 7) is 0.714. The zero-order valence-electron chi connectivity index (χ0n) is 22.6. The molecule has 4 N–H and O–H groups in total. The van der Waals surface area contributed by atoms with E-state index in [2.05, 4.69) is 20.1 Å². The maximum Gasteiger partial charge on any atom is 0.241 e. The second kappa shape index (κ2) is 13.3. The number of hydrogen-bond donors (Lipinski definition) is 3. The van der Waals surface area contributed by atoms with Crippen LogP contribution < -0.4 is 20.9 Å². The molecule has 2 unspecified atom stereocenters. The average molecular weight is 586 g/mol. The second-order valence-electron chi connectivity index (χ2n) is 9.79. The van der Waals surface area contributed by atoms with E-state index in [0.29, 0.717) is 36.3 Å². The molecule has 214 valence electrons. The minimum absolute atomic E-state index is 0.0888. The zero-order valence-corrected chi connectivity index (χ0v) is 24.2. The van der Waals surface area contributed by atoms with E-state index in [4.69, 9.17) is 5.84 Å². The van der Waals surface area contributed by atoms with Crippen LogP contribution in [0.4, 0.5) is 5.69 Å². The Morgan fingerprint density at radius 3 is 2.73 bits per heavy atom. The number of aromatic nitrogens is 1. The number of aliphatic imine (C=N–C) groups is 1. The minimum Gasteiger partial charge on any atom is -0.377 e. The van der Waals surface area contributed by atoms with Crippen molar-refractivity contribution in [3.63, 3.8) is 0 Å². The standard InChI is InChI=1S/C27H35N7O4S2/c1-33(2)22-12-5-9-20-19(22)8-6-13-24(20)40(37,38)32-21(10-7-14-29-18-31-28)27(36)34-16-4-3-11-23(34)25(35)26-30-15-17-39-26/h5-6,8-9,12-13,15,17-18,21,23,32H,3-4,7,10-11,14,16,28H2,1-2H3,(H,29,31). The van der Waals surface area contributed by atoms with Gasteiger partial charge in [0, 0.05) is 55.2 Å². The van der Waals surface area contributed by atoms with Gasteiger partial charge >= 0.3 is 0 Å². The number of sulfonamides is 1. The normalized spacial score (nSPS) is 16.8. The van der Waals surface area contributed by atoms with Crippen LogP contribution in [0.15, 0.2) is 57.9 Å². The molecule has 3 aromatic rings. The van der Waals surface area contributed by atoms with E-state index >= 15 is 0 Å². The number of carbonyl (C=O) groups excluding carboxylic acids is 2. The van der Waals surface area contributed by atoms with Gasteiger partial charge in [-0.05, 0) is 44.2 Å². The molecular weight excluding hydrogens is 550 g/mol. The Bertz CT molecular complexity index is 1460. The Hall–Kier alpha value is -3.39. The van der Waals surface area contributed by atoms with Gasteiger partial charge in [-0.25, -0.2) is 19.2 Å². The first-order valence-corrected chi connectivity index (χ1v) is 15.5. The third-order valence-corrected chi connectivity index (χ3v) is 9.22. The maximum absolute atomic E-state index is 14.0. The number of benzene rings is 2. The molecule has 0 radical (unpaired) electrons. The van der Waals surface area contributed by atoms with Gasteiger partial charge in [0.25, 0.3) is 0 Å². The molecule has 1 aliphatic rings. The highest BCUT2D eigenvalue weighted by Gasteiger charge is 2.38. The van der Waals surface area contributed by atoms with Crippen LogP contribution in [0.5, 0.6) is 0 Å². The van der Waals surface area contributed by atoms with Gasteiger partial charge in [0.15, 0.2) is 5.01 Å². The van der Waals surface area contributed by atoms with E-state index in [1.54, 1.807) is 29.8 Å². The lowest BCUT2D eigenvalue weighted by molar-refractivity contribution is -0.135. The predicted molar refractivity (Wildman–Crippen MR) is 158 cm³/mol. The zero-order chi connectivity index (χ0) is 28.7. The SMILES string of the molecule is CN(C)c1cccc2c(S(=O)(=O)NC(CCCN=CNN)C(=O)N3CCCCC3C(=O)c3nccs3)cccc12. The molecule has 0 saturated carbocycles. The number of rotatable bonds is 12. The van der Waals surface area contributed by atoms with Crippen molar-refractivity contribution in [1.29, 1.82) is 0 Å². The third-order valence-electron chi connectivity index (χ3n) is 6.90. The van der Waals surface area contributed by atoms with Crippen LogP contribution in [-0.2, 0) is 14.8 Å². The Morgan fingerprint density at radius 2 is 2.00 bits per heavy atom. The van der Waals surface area contributed by atoms with E-state index in [0.717, 1.165) is 23.9 Å². The molecule has 0 spiro atoms. The highest BCUT2D eigenvalue weighted by atomic mass is 32.2. The van der Waals surface area contributed by atoms with Crippen molar-refractivity contribution < 1.29 is 18.0 Å². The van der Waals surface area contributed by atoms with E-state index < -0.39 is 28.0 Å². The topological polar surface area (TPSA) is 150 Å². The summed E-state index contributed by atoms with van der Waals surface area (Å²) in [7, 11) is -0.330. The largest absolute Gasteiger partial charge is 0.377 e. The molecule has 1 amide bonds. The van der Waals surface area contributed by atoms with Gasteiger partial charge in [-0.2, -0.15) is 4.72 Å². The van der Waals surface area contributed by atoms with Crippen molar-refractivity contribution in [2.75, 3.05) is 32.1 Å². The van der Waals surface area contributed by atoms with Crippen LogP contribution in [0.1, 0.15) is 41.9 Å². The van der Waals surface area contributed by atoms with Crippen LogP contribution >= 0.6 is 11.3 Å². The van der Waals surface area contributed by atoms with Crippen molar-refractivity contribution >= 4 is 55.8 Å². The number of hydrogen-bond acceptors (Lipinski definition) is 9. The van der Waals surface area contributed by atoms with Gasteiger partial charge in [0.2, 0.25) is 21.7 Å². The fourth-order valence-corrected chi connectivity index (χ4v) is 7.10. The van der Waals surface area contributed by atoms with Crippen molar-refractivity contribution in [1.82, 2.24) is 20.0 Å². The summed E-state index contributed by atoms with van der Waals surface area (Å²) in [5, 5.41) is 3.41. The van der Waals surface area contributed by atoms with Gasteiger partial charge in [0.05, 0.1) is 17.3 Å². The van der Waals surface area contributed by atoms with Crippen LogP contribution in [0.3, 0.4) is 0 Å². The van der Waals surface area contributed by atoms with Gasteiger partial charge in [-0.1, -0.05) is 24.3 Å². The van der Waals surface area contributed by atoms with E-state index in [1.807, 2.05) is 37.2 Å². The predicted octanol–water partition coefficient (Wildman–Crippen LogP) is 2.55. The number of carbonyl (C=O) groups is 2. The molecule has 2 aromatic carbocycles. The summed E-state index contributed by atoms with van der Waals surface area (Å²) in [5.41, 5.74) is 3.21. The van der Waals surface area contributed by atoms with Gasteiger partial charge in [0.1, 0.15) is 6.04 Å². The molecule has 0 bridgehead atoms. The number of hydrazine groups is 1. The number of anilines is 1. The number of fused-ring (bicyclic) bond motifs is 1. The monoisotopic (exact) mass is 585 g/mol. The smallest absolute Gasteiger partial charge is 0.241 e. The lowest BCUT2D eigenvalue weighted by Gasteiger charge is -2.36. The van der Waals surface area contributed by atoms with E-state index in [1.165, 1.54) is 22.6 Å². The summed E-state index contributed by atoms with van der Waals surface area (Å²) in [6, 6.07) is 8.84. The number of amides is 1. The number of nitrogens with two attached hydrogens (primary N) is 1. The lowest BCUT2D eigenvalue weighted by atomic mass is 9.97. The molecule has 1 saturated heterocycles. The average Bonchev–Trinajstić information content (AvgIpc) is 3.50. The van der Waals surface area contributed by atoms with Crippen LogP contribution in [0, 0.1) is 0 Å². The van der Waals surface area contributed by atoms with Gasteiger partial charge < -0.3 is 15.2 Å². The fourth-order valence-electron chi connectivity index (χ4n) is 5.03. The number of likely N-dealkylation sites (tertiary alicyclic amines) is 1. The highest BCUT2D eigenvalue weighted by Crippen LogP contribution is 2.31. The first-order valence-electron chi connectivity index (χ1n) is 13.1. The lowest BCUT2D eigenvalue weighted by Crippen LogP contribution is -2.55. The van der Waals surface area contributed by atoms with E-state index in [9.17, 15) is 18.0 Å². The first kappa shape index (κ1) is 29.6. The number of nitrogens with one attached hydrogen (secondary N) is 2. The maximum atomic E-state index is 14.0. The summed E-state index contributed by atoms with van der Waals surface area (Å²) < 4.78 is 30.4. The summed E-state index contributed by atoms with van der Waals surface area (Å²) in [4.78, 5) is 39.0. The molecule has 2 heterocycles. The number of nitrogens with zero attached hydrogens (tertiary/aromatic N) is 4. The molecule has 1 aliphatic heterocycles. The second-order valence-corrected chi connectivity index (χ2v) is 12.4. The van der Waals surface area contributed by atoms with Crippen LogP contribution in [0.2, 0.25) is 0 Å². The van der Waals surface area contributed by atoms with Crippen LogP contribution in [-0.4, -0.2) is 75.6 Å². The highest BCUT2D eigenvalue weighted by molar-refractivity contribution is 7.89. The Morgan fingerprint density at radius 1 is 1.23 bits per heavy atom. The van der Waals surface area contributed by atoms with Crippen molar-refractivity contribution in [2.45, 2.75) is 49.1 Å². The van der Waals surface area contributed by atoms with Gasteiger partial charge in [-0.3, -0.25) is 14.6 Å². The Balaban J connectivity index is 1.65. The summed E-state index contributed by atoms with van der Waals surface area (Å²) in [6.07, 6.45) is 5.56. The Labute approximate surface area is 238 Å². The molecule has 4 rings (SSSR count). The number of ketones is 1.